The number of amides is 1. The van der Waals surface area contributed by atoms with E-state index >= 15 is 0 Å². The standard InChI is InChI=1S/C26H22FN3O2S/c1-16-6-14-20(15-7-16)30-25(32)21-4-2-3-5-22(21)29-26(30)33-23(24(31)28-19-12-13-19)17-8-10-18(27)11-9-17/h2-11,14-15,19,23H,12-13H2,1H3,(H,28,31). The molecule has 166 valence electrons. The molecule has 1 aliphatic carbocycles. The summed E-state index contributed by atoms with van der Waals surface area (Å²) in [6, 6.07) is 20.8. The van der Waals surface area contributed by atoms with E-state index in [4.69, 9.17) is 4.98 Å². The molecule has 1 atom stereocenters. The number of fused-ring (bicyclic) bond motifs is 1. The lowest BCUT2D eigenvalue weighted by Crippen LogP contribution is -2.30. The van der Waals surface area contributed by atoms with Gasteiger partial charge in [0.2, 0.25) is 5.91 Å². The Morgan fingerprint density at radius 3 is 2.45 bits per heavy atom. The molecule has 1 N–H and O–H groups in total. The highest BCUT2D eigenvalue weighted by Crippen LogP contribution is 2.36. The fourth-order valence-electron chi connectivity index (χ4n) is 3.63. The second-order valence-electron chi connectivity index (χ2n) is 8.22. The summed E-state index contributed by atoms with van der Waals surface area (Å²) in [6.07, 6.45) is 1.91. The summed E-state index contributed by atoms with van der Waals surface area (Å²) in [5.41, 5.74) is 2.76. The minimum Gasteiger partial charge on any atom is -0.352 e. The lowest BCUT2D eigenvalue weighted by Gasteiger charge is -2.19. The van der Waals surface area contributed by atoms with Crippen molar-refractivity contribution in [1.82, 2.24) is 14.9 Å². The number of aromatic nitrogens is 2. The van der Waals surface area contributed by atoms with Gasteiger partial charge in [-0.05, 0) is 61.7 Å². The lowest BCUT2D eigenvalue weighted by molar-refractivity contribution is -0.120. The number of nitrogens with one attached hydrogen (secondary N) is 1. The number of hydrogen-bond donors (Lipinski definition) is 1. The van der Waals surface area contributed by atoms with E-state index < -0.39 is 5.25 Å². The van der Waals surface area contributed by atoms with Gasteiger partial charge in [0, 0.05) is 6.04 Å². The number of benzene rings is 3. The van der Waals surface area contributed by atoms with Crippen LogP contribution in [0.2, 0.25) is 0 Å². The highest BCUT2D eigenvalue weighted by atomic mass is 32.2. The summed E-state index contributed by atoms with van der Waals surface area (Å²) in [6.45, 7) is 1.98. The molecule has 1 amide bonds. The Morgan fingerprint density at radius 1 is 1.06 bits per heavy atom. The summed E-state index contributed by atoms with van der Waals surface area (Å²) in [7, 11) is 0. The number of halogens is 1. The van der Waals surface area contributed by atoms with Crippen LogP contribution < -0.4 is 10.9 Å². The average molecular weight is 460 g/mol. The van der Waals surface area contributed by atoms with Gasteiger partial charge in [0.05, 0.1) is 16.6 Å². The van der Waals surface area contributed by atoms with Crippen molar-refractivity contribution in [1.29, 1.82) is 0 Å². The fraction of sp³-hybridized carbons (Fsp3) is 0.192. The van der Waals surface area contributed by atoms with E-state index in [0.717, 1.165) is 18.4 Å². The van der Waals surface area contributed by atoms with E-state index in [0.29, 0.717) is 27.3 Å². The maximum atomic E-state index is 13.6. The Hall–Kier alpha value is -3.45. The van der Waals surface area contributed by atoms with Crippen LogP contribution in [0.25, 0.3) is 16.6 Å². The van der Waals surface area contributed by atoms with Crippen LogP contribution in [0.15, 0.2) is 82.7 Å². The number of para-hydroxylation sites is 1. The first kappa shape index (κ1) is 21.4. The molecule has 7 heteroatoms. The molecule has 0 saturated heterocycles. The van der Waals surface area contributed by atoms with Gasteiger partial charge in [-0.2, -0.15) is 0 Å². The van der Waals surface area contributed by atoms with Crippen LogP contribution in [-0.2, 0) is 4.79 Å². The van der Waals surface area contributed by atoms with Gasteiger partial charge in [-0.3, -0.25) is 14.2 Å². The summed E-state index contributed by atoms with van der Waals surface area (Å²) in [4.78, 5) is 31.5. The van der Waals surface area contributed by atoms with E-state index in [2.05, 4.69) is 5.32 Å². The lowest BCUT2D eigenvalue weighted by atomic mass is 10.1. The summed E-state index contributed by atoms with van der Waals surface area (Å²) in [5.74, 6) is -0.544. The summed E-state index contributed by atoms with van der Waals surface area (Å²) >= 11 is 1.20. The first-order valence-corrected chi connectivity index (χ1v) is 11.7. The van der Waals surface area contributed by atoms with Crippen LogP contribution in [0.4, 0.5) is 4.39 Å². The molecule has 1 unspecified atom stereocenters. The molecule has 5 rings (SSSR count). The number of hydrogen-bond acceptors (Lipinski definition) is 4. The highest BCUT2D eigenvalue weighted by Gasteiger charge is 2.30. The minimum atomic E-state index is -0.684. The largest absolute Gasteiger partial charge is 0.352 e. The Bertz CT molecular complexity index is 1380. The maximum absolute atomic E-state index is 13.6. The second-order valence-corrected chi connectivity index (χ2v) is 9.29. The maximum Gasteiger partial charge on any atom is 0.266 e. The predicted molar refractivity (Wildman–Crippen MR) is 128 cm³/mol. The van der Waals surface area contributed by atoms with Crippen molar-refractivity contribution in [3.8, 4) is 5.69 Å². The van der Waals surface area contributed by atoms with Gasteiger partial charge in [-0.15, -0.1) is 0 Å². The Balaban J connectivity index is 1.65. The first-order chi connectivity index (χ1) is 16.0. The SMILES string of the molecule is Cc1ccc(-n2c(SC(C(=O)NC3CC3)c3ccc(F)cc3)nc3ccccc3c2=O)cc1. The van der Waals surface area contributed by atoms with Crippen LogP contribution in [0.5, 0.6) is 0 Å². The Morgan fingerprint density at radius 2 is 1.76 bits per heavy atom. The molecule has 1 fully saturated rings. The number of nitrogens with zero attached hydrogens (tertiary/aromatic N) is 2. The van der Waals surface area contributed by atoms with Crippen LogP contribution >= 0.6 is 11.8 Å². The van der Waals surface area contributed by atoms with E-state index in [1.54, 1.807) is 28.8 Å². The van der Waals surface area contributed by atoms with Gasteiger partial charge in [0.15, 0.2) is 5.16 Å². The molecule has 4 aromatic rings. The van der Waals surface area contributed by atoms with Gasteiger partial charge >= 0.3 is 0 Å². The third kappa shape index (κ3) is 4.54. The van der Waals surface area contributed by atoms with Gasteiger partial charge in [0.25, 0.3) is 5.56 Å². The van der Waals surface area contributed by atoms with E-state index in [9.17, 15) is 14.0 Å². The molecular weight excluding hydrogens is 437 g/mol. The number of aryl methyl sites for hydroxylation is 1. The summed E-state index contributed by atoms with van der Waals surface area (Å²) < 4.78 is 15.1. The molecule has 5 nitrogen and oxygen atoms in total. The molecular formula is C26H22FN3O2S. The van der Waals surface area contributed by atoms with Crippen LogP contribution in [0.1, 0.15) is 29.2 Å². The van der Waals surface area contributed by atoms with Crippen LogP contribution in [-0.4, -0.2) is 21.5 Å². The zero-order valence-electron chi connectivity index (χ0n) is 18.0. The average Bonchev–Trinajstić information content (AvgIpc) is 3.63. The zero-order chi connectivity index (χ0) is 22.9. The van der Waals surface area contributed by atoms with Gasteiger partial charge < -0.3 is 5.32 Å². The monoisotopic (exact) mass is 459 g/mol. The minimum absolute atomic E-state index is 0.171. The molecule has 0 spiro atoms. The third-order valence-corrected chi connectivity index (χ3v) is 6.80. The topological polar surface area (TPSA) is 64.0 Å². The predicted octanol–water partition coefficient (Wildman–Crippen LogP) is 4.95. The molecule has 1 aromatic heterocycles. The molecule has 1 heterocycles. The molecule has 3 aromatic carbocycles. The van der Waals surface area contributed by atoms with Gasteiger partial charge in [-0.25, -0.2) is 9.37 Å². The van der Waals surface area contributed by atoms with Gasteiger partial charge in [-0.1, -0.05) is 53.7 Å². The molecule has 0 bridgehead atoms. The Kier molecular flexibility index (Phi) is 5.72. The smallest absolute Gasteiger partial charge is 0.266 e. The molecule has 33 heavy (non-hydrogen) atoms. The van der Waals surface area contributed by atoms with Crippen molar-refractivity contribution in [3.63, 3.8) is 0 Å². The highest BCUT2D eigenvalue weighted by molar-refractivity contribution is 8.00. The number of thioether (sulfide) groups is 1. The van der Waals surface area contributed by atoms with Crippen molar-refractivity contribution >= 4 is 28.6 Å². The molecule has 0 radical (unpaired) electrons. The summed E-state index contributed by atoms with van der Waals surface area (Å²) in [5, 5.41) is 3.26. The second kappa shape index (κ2) is 8.83. The third-order valence-electron chi connectivity index (χ3n) is 5.59. The van der Waals surface area contributed by atoms with E-state index in [-0.39, 0.29) is 23.3 Å². The van der Waals surface area contributed by atoms with Crippen molar-refractivity contribution in [2.75, 3.05) is 0 Å². The number of rotatable bonds is 6. The van der Waals surface area contributed by atoms with E-state index in [1.807, 2.05) is 43.3 Å². The number of carbonyl (C=O) groups excluding carboxylic acids is 1. The number of carbonyl (C=O) groups is 1. The van der Waals surface area contributed by atoms with Crippen molar-refractivity contribution in [2.24, 2.45) is 0 Å². The molecule has 0 aliphatic heterocycles. The van der Waals surface area contributed by atoms with Crippen molar-refractivity contribution < 1.29 is 9.18 Å². The van der Waals surface area contributed by atoms with Gasteiger partial charge in [0.1, 0.15) is 11.1 Å². The van der Waals surface area contributed by atoms with E-state index in [1.165, 1.54) is 23.9 Å². The van der Waals surface area contributed by atoms with Crippen molar-refractivity contribution in [3.05, 3.63) is 100 Å². The quantitative estimate of drug-likeness (QED) is 0.328. The fourth-order valence-corrected chi connectivity index (χ4v) is 4.76. The van der Waals surface area contributed by atoms with Crippen LogP contribution in [0, 0.1) is 12.7 Å². The normalized spacial score (nSPS) is 14.2. The first-order valence-electron chi connectivity index (χ1n) is 10.8. The molecule has 1 saturated carbocycles. The Labute approximate surface area is 194 Å². The van der Waals surface area contributed by atoms with Crippen LogP contribution in [0.3, 0.4) is 0 Å². The zero-order valence-corrected chi connectivity index (χ0v) is 18.8. The molecule has 1 aliphatic rings. The van der Waals surface area contributed by atoms with Crippen molar-refractivity contribution in [2.45, 2.75) is 36.2 Å².